The summed E-state index contributed by atoms with van der Waals surface area (Å²) in [6.45, 7) is 4.08. The smallest absolute Gasteiger partial charge is 0.188 e. The molecule has 1 aromatic rings. The van der Waals surface area contributed by atoms with E-state index in [1.807, 2.05) is 13.8 Å². The molecule has 0 aliphatic carbocycles. The summed E-state index contributed by atoms with van der Waals surface area (Å²) in [5, 5.41) is 9.51. The summed E-state index contributed by atoms with van der Waals surface area (Å²) in [6.07, 6.45) is -0.723. The van der Waals surface area contributed by atoms with Crippen LogP contribution in [-0.4, -0.2) is 39.2 Å². The molecule has 22 heavy (non-hydrogen) atoms. The van der Waals surface area contributed by atoms with Crippen molar-refractivity contribution < 1.29 is 55.7 Å². The zero-order valence-electron chi connectivity index (χ0n) is 12.9. The fraction of sp³-hybridized carbons (Fsp3) is 0.571. The maximum absolute atomic E-state index is 11.8. The molecule has 0 bridgehead atoms. The number of benzene rings is 1. The van der Waals surface area contributed by atoms with Crippen molar-refractivity contribution in [3.8, 4) is 5.75 Å². The van der Waals surface area contributed by atoms with Crippen LogP contribution in [0.15, 0.2) is 12.1 Å². The number of hydrogen-bond acceptors (Lipinski definition) is 5. The van der Waals surface area contributed by atoms with Crippen molar-refractivity contribution in [3.05, 3.63) is 33.5 Å². The molecule has 121 valence electrons. The molecule has 1 heterocycles. The van der Waals surface area contributed by atoms with Gasteiger partial charge in [-0.15, -0.1) is 6.54 Å². The summed E-state index contributed by atoms with van der Waals surface area (Å²) in [5.74, 6) is 0.687. The minimum Gasteiger partial charge on any atom is -0.549 e. The predicted molar refractivity (Wildman–Crippen MR) is 78.9 cm³/mol. The largest absolute Gasteiger partial charge is 0.549 e. The molecule has 8 heteroatoms. The van der Waals surface area contributed by atoms with Crippen molar-refractivity contribution >= 4 is 10.0 Å². The molecule has 0 saturated carbocycles. The van der Waals surface area contributed by atoms with Gasteiger partial charge in [-0.1, -0.05) is 6.42 Å². The van der Waals surface area contributed by atoms with Gasteiger partial charge in [-0.2, -0.15) is 0 Å². The maximum atomic E-state index is 11.8. The molecule has 1 saturated heterocycles. The van der Waals surface area contributed by atoms with Gasteiger partial charge in [-0.3, -0.25) is 0 Å². The monoisotopic (exact) mass is 403 g/mol. The molecule has 6 nitrogen and oxygen atoms in total. The molecule has 1 fully saturated rings. The Morgan fingerprint density at radius 1 is 1.36 bits per heavy atom. The molecular weight excluding hydrogens is 383 g/mol. The zero-order chi connectivity index (χ0) is 15.6. The number of hydrogen-bond donors (Lipinski definition) is 1. The summed E-state index contributed by atoms with van der Waals surface area (Å²) in [6, 6.07) is 3.49. The van der Waals surface area contributed by atoms with Crippen LogP contribution in [0.3, 0.4) is 0 Å². The first-order chi connectivity index (χ1) is 9.86. The predicted octanol–water partition coefficient (Wildman–Crippen LogP) is 1.79. The Morgan fingerprint density at radius 2 is 1.95 bits per heavy atom. The molecule has 2 rings (SSSR count). The molecule has 1 radical (unpaired) electrons. The van der Waals surface area contributed by atoms with Crippen molar-refractivity contribution in [2.24, 2.45) is 0 Å². The van der Waals surface area contributed by atoms with Crippen LogP contribution in [0.1, 0.15) is 29.2 Å². The number of nitrogens with zero attached hydrogens (tertiary/aromatic N) is 1. The van der Waals surface area contributed by atoms with E-state index in [2.05, 4.69) is 4.72 Å². The van der Waals surface area contributed by atoms with E-state index >= 15 is 0 Å². The third kappa shape index (κ3) is 4.27. The van der Waals surface area contributed by atoms with Crippen LogP contribution in [0.2, 0.25) is 0 Å². The van der Waals surface area contributed by atoms with Gasteiger partial charge in [0.25, 0.3) is 0 Å². The van der Waals surface area contributed by atoms with E-state index in [9.17, 15) is 13.5 Å². The Balaban J connectivity index is 0.00000242. The van der Waals surface area contributed by atoms with Crippen LogP contribution in [0.5, 0.6) is 5.75 Å². The van der Waals surface area contributed by atoms with Crippen molar-refractivity contribution in [1.29, 1.82) is 0 Å². The average Bonchev–Trinajstić information content (AvgIpc) is 2.76. The van der Waals surface area contributed by atoms with Gasteiger partial charge in [0.1, 0.15) is 5.75 Å². The summed E-state index contributed by atoms with van der Waals surface area (Å²) in [7, 11) is -2.02. The molecular formula is C14H20NO5SY-. The second-order valence-corrected chi connectivity index (χ2v) is 7.07. The minimum absolute atomic E-state index is 0. The fourth-order valence-electron chi connectivity index (χ4n) is 2.59. The average molecular weight is 403 g/mol. The summed E-state index contributed by atoms with van der Waals surface area (Å²) in [4.78, 5) is 0. The van der Waals surface area contributed by atoms with Crippen LogP contribution < -0.4 is 4.74 Å². The number of ether oxygens (including phenoxy) is 2. The first kappa shape index (κ1) is 20.0. The first-order valence-corrected chi connectivity index (χ1v) is 8.20. The van der Waals surface area contributed by atoms with Gasteiger partial charge >= 0.3 is 0 Å². The van der Waals surface area contributed by atoms with Gasteiger partial charge in [0.2, 0.25) is 0 Å². The fourth-order valence-corrected chi connectivity index (χ4v) is 4.02. The van der Waals surface area contributed by atoms with Gasteiger partial charge in [-0.25, -0.2) is 8.42 Å². The van der Waals surface area contributed by atoms with Gasteiger partial charge in [-0.05, 0) is 42.7 Å². The van der Waals surface area contributed by atoms with Crippen LogP contribution in [-0.2, 0) is 47.5 Å². The van der Waals surface area contributed by atoms with Gasteiger partial charge in [0.15, 0.2) is 6.79 Å². The number of methoxy groups -OCH3 is 1. The Labute approximate surface area is 156 Å². The third-order valence-electron chi connectivity index (χ3n) is 3.56. The first-order valence-electron chi connectivity index (χ1n) is 6.70. The van der Waals surface area contributed by atoms with Crippen molar-refractivity contribution in [3.63, 3.8) is 0 Å². The topological polar surface area (TPSA) is 86.9 Å². The number of sulfonamides is 1. The number of aryl methyl sites for hydroxylation is 2. The van der Waals surface area contributed by atoms with E-state index in [0.29, 0.717) is 17.7 Å². The normalized spacial score (nSPS) is 21.2. The quantitative estimate of drug-likeness (QED) is 0.758. The Kier molecular flexibility index (Phi) is 7.43. The van der Waals surface area contributed by atoms with Crippen LogP contribution in [0.25, 0.3) is 4.72 Å². The van der Waals surface area contributed by atoms with E-state index in [1.165, 1.54) is 7.11 Å². The van der Waals surface area contributed by atoms with Gasteiger partial charge in [0, 0.05) is 39.8 Å². The summed E-state index contributed by atoms with van der Waals surface area (Å²) >= 11 is 0. The van der Waals surface area contributed by atoms with Crippen molar-refractivity contribution in [1.82, 2.24) is 0 Å². The molecule has 1 N–H and O–H groups in total. The Bertz CT molecular complexity index is 597. The van der Waals surface area contributed by atoms with E-state index < -0.39 is 21.4 Å². The van der Waals surface area contributed by atoms with Gasteiger partial charge < -0.3 is 19.3 Å². The zero-order valence-corrected chi connectivity index (χ0v) is 16.6. The van der Waals surface area contributed by atoms with E-state index in [0.717, 1.165) is 11.1 Å². The Morgan fingerprint density at radius 3 is 2.41 bits per heavy atom. The van der Waals surface area contributed by atoms with E-state index in [-0.39, 0.29) is 46.0 Å². The van der Waals surface area contributed by atoms with Crippen molar-refractivity contribution in [2.75, 3.05) is 20.4 Å². The maximum Gasteiger partial charge on any atom is 0.188 e. The van der Waals surface area contributed by atoms with E-state index in [4.69, 9.17) is 9.47 Å². The Hall–Kier alpha value is -0.0461. The molecule has 0 spiro atoms. The second kappa shape index (κ2) is 8.17. The van der Waals surface area contributed by atoms with Crippen LogP contribution in [0, 0.1) is 13.8 Å². The number of aliphatic hydroxyl groups is 1. The SMILES string of the molecule is COCOc1c(C)cc(C(O)C2CC[N-]S2(=O)=O)cc1C.[Y]. The number of rotatable bonds is 5. The minimum atomic E-state index is -3.56. The number of aliphatic hydroxyl groups excluding tert-OH is 1. The molecule has 1 aliphatic heterocycles. The standard InChI is InChI=1S/C14H20NO5S.Y/c1-9-6-11(7-10(2)14(9)20-8-19-3)13(16)12-4-5-15-21(12,17)18;/h6-7,12-13,16H,4-5,8H2,1-3H3;/q-1;. The van der Waals surface area contributed by atoms with E-state index in [1.54, 1.807) is 12.1 Å². The summed E-state index contributed by atoms with van der Waals surface area (Å²) in [5.41, 5.74) is 2.22. The van der Waals surface area contributed by atoms with Crippen molar-refractivity contribution in [2.45, 2.75) is 31.6 Å². The second-order valence-electron chi connectivity index (χ2n) is 5.17. The summed E-state index contributed by atoms with van der Waals surface area (Å²) < 4.78 is 37.5. The van der Waals surface area contributed by atoms with Gasteiger partial charge in [0.05, 0.1) is 21.4 Å². The molecule has 0 aromatic heterocycles. The molecule has 1 aromatic carbocycles. The van der Waals surface area contributed by atoms with Crippen LogP contribution >= 0.6 is 0 Å². The molecule has 2 atom stereocenters. The molecule has 2 unspecified atom stereocenters. The van der Waals surface area contributed by atoms with Crippen LogP contribution in [0.4, 0.5) is 0 Å². The molecule has 0 amide bonds. The molecule has 1 aliphatic rings. The third-order valence-corrected chi connectivity index (χ3v) is 5.37.